The minimum Gasteiger partial charge on any atom is -0.497 e. The predicted octanol–water partition coefficient (Wildman–Crippen LogP) is 3.53. The number of carbonyl (C=O) groups is 1. The number of amides is 1. The molecule has 0 aliphatic heterocycles. The van der Waals surface area contributed by atoms with Crippen molar-refractivity contribution in [3.05, 3.63) is 60.2 Å². The molecule has 1 amide bonds. The first-order valence-electron chi connectivity index (χ1n) is 7.27. The maximum Gasteiger partial charge on any atom is 0.230 e. The van der Waals surface area contributed by atoms with E-state index in [0.29, 0.717) is 5.75 Å². The Morgan fingerprint density at radius 2 is 1.95 bits per heavy atom. The average Bonchev–Trinajstić information content (AvgIpc) is 2.54. The molecule has 3 nitrogen and oxygen atoms in total. The molecule has 0 radical (unpaired) electrons. The van der Waals surface area contributed by atoms with Crippen LogP contribution in [0.4, 0.5) is 0 Å². The molecule has 1 unspecified atom stereocenters. The molecule has 2 aromatic carbocycles. The standard InChI is InChI=1S/C18H21NO2S/c1-14(11-15-7-6-8-16(12-15)21-2)19-18(20)13-22-17-9-4-3-5-10-17/h3-10,12,14H,11,13H2,1-2H3,(H,19,20). The van der Waals surface area contributed by atoms with Gasteiger partial charge in [-0.2, -0.15) is 0 Å². The van der Waals surface area contributed by atoms with E-state index in [1.54, 1.807) is 18.9 Å². The smallest absolute Gasteiger partial charge is 0.230 e. The molecule has 0 saturated heterocycles. The van der Waals surface area contributed by atoms with Gasteiger partial charge in [0.15, 0.2) is 0 Å². The molecule has 0 heterocycles. The molecule has 0 aliphatic carbocycles. The van der Waals surface area contributed by atoms with Crippen LogP contribution < -0.4 is 10.1 Å². The van der Waals surface area contributed by atoms with Crippen LogP contribution in [0.15, 0.2) is 59.5 Å². The lowest BCUT2D eigenvalue weighted by Gasteiger charge is -2.14. The lowest BCUT2D eigenvalue weighted by atomic mass is 10.1. The molecule has 0 bridgehead atoms. The Morgan fingerprint density at radius 1 is 1.18 bits per heavy atom. The highest BCUT2D eigenvalue weighted by Gasteiger charge is 2.09. The fourth-order valence-corrected chi connectivity index (χ4v) is 2.92. The average molecular weight is 315 g/mol. The van der Waals surface area contributed by atoms with Crippen molar-refractivity contribution in [1.29, 1.82) is 0 Å². The van der Waals surface area contributed by atoms with Crippen LogP contribution >= 0.6 is 11.8 Å². The van der Waals surface area contributed by atoms with Gasteiger partial charge in [0, 0.05) is 10.9 Å². The van der Waals surface area contributed by atoms with E-state index in [-0.39, 0.29) is 11.9 Å². The lowest BCUT2D eigenvalue weighted by Crippen LogP contribution is -2.35. The Bertz CT molecular complexity index is 601. The van der Waals surface area contributed by atoms with Crippen LogP contribution in [0.3, 0.4) is 0 Å². The maximum absolute atomic E-state index is 12.0. The van der Waals surface area contributed by atoms with Gasteiger partial charge < -0.3 is 10.1 Å². The van der Waals surface area contributed by atoms with Crippen molar-refractivity contribution >= 4 is 17.7 Å². The summed E-state index contributed by atoms with van der Waals surface area (Å²) in [5, 5.41) is 3.04. The normalized spacial score (nSPS) is 11.7. The van der Waals surface area contributed by atoms with Gasteiger partial charge in [-0.05, 0) is 43.2 Å². The first-order chi connectivity index (χ1) is 10.7. The summed E-state index contributed by atoms with van der Waals surface area (Å²) in [6.07, 6.45) is 0.791. The number of hydrogen-bond donors (Lipinski definition) is 1. The highest BCUT2D eigenvalue weighted by atomic mass is 32.2. The van der Waals surface area contributed by atoms with Crippen molar-refractivity contribution in [3.8, 4) is 5.75 Å². The van der Waals surface area contributed by atoms with E-state index in [2.05, 4.69) is 5.32 Å². The third-order valence-corrected chi connectivity index (χ3v) is 4.21. The van der Waals surface area contributed by atoms with Gasteiger partial charge in [-0.1, -0.05) is 30.3 Å². The topological polar surface area (TPSA) is 38.3 Å². The SMILES string of the molecule is COc1cccc(CC(C)NC(=O)CSc2ccccc2)c1. The van der Waals surface area contributed by atoms with E-state index in [9.17, 15) is 4.79 Å². The van der Waals surface area contributed by atoms with Crippen LogP contribution in [0, 0.1) is 0 Å². The van der Waals surface area contributed by atoms with Crippen molar-refractivity contribution in [2.45, 2.75) is 24.3 Å². The molecule has 4 heteroatoms. The van der Waals surface area contributed by atoms with E-state index in [4.69, 9.17) is 4.74 Å². The third kappa shape index (κ3) is 5.45. The number of benzene rings is 2. The summed E-state index contributed by atoms with van der Waals surface area (Å²) in [6.45, 7) is 2.02. The number of hydrogen-bond acceptors (Lipinski definition) is 3. The van der Waals surface area contributed by atoms with Gasteiger partial charge in [0.2, 0.25) is 5.91 Å². The van der Waals surface area contributed by atoms with Gasteiger partial charge in [-0.25, -0.2) is 0 Å². The van der Waals surface area contributed by atoms with Gasteiger partial charge in [0.1, 0.15) is 5.75 Å². The molecular weight excluding hydrogens is 294 g/mol. The quantitative estimate of drug-likeness (QED) is 0.794. The minimum atomic E-state index is 0.0595. The van der Waals surface area contributed by atoms with Gasteiger partial charge in [-0.15, -0.1) is 11.8 Å². The monoisotopic (exact) mass is 315 g/mol. The van der Waals surface area contributed by atoms with Crippen molar-refractivity contribution < 1.29 is 9.53 Å². The molecular formula is C18H21NO2S. The number of nitrogens with one attached hydrogen (secondary N) is 1. The van der Waals surface area contributed by atoms with Crippen LogP contribution in [-0.4, -0.2) is 24.8 Å². The molecule has 2 rings (SSSR count). The number of thioether (sulfide) groups is 1. The van der Waals surface area contributed by atoms with Gasteiger partial charge >= 0.3 is 0 Å². The van der Waals surface area contributed by atoms with Crippen molar-refractivity contribution in [2.24, 2.45) is 0 Å². The molecule has 0 fully saturated rings. The van der Waals surface area contributed by atoms with Crippen LogP contribution in [0.25, 0.3) is 0 Å². The second kappa shape index (κ2) is 8.49. The van der Waals surface area contributed by atoms with Gasteiger partial charge in [0.05, 0.1) is 12.9 Å². The molecule has 116 valence electrons. The zero-order valence-corrected chi connectivity index (χ0v) is 13.7. The van der Waals surface area contributed by atoms with E-state index in [1.165, 1.54) is 0 Å². The largest absolute Gasteiger partial charge is 0.497 e. The number of ether oxygens (including phenoxy) is 1. The Hall–Kier alpha value is -1.94. The van der Waals surface area contributed by atoms with Crippen molar-refractivity contribution in [1.82, 2.24) is 5.32 Å². The van der Waals surface area contributed by atoms with Crippen molar-refractivity contribution in [3.63, 3.8) is 0 Å². The summed E-state index contributed by atoms with van der Waals surface area (Å²) in [7, 11) is 1.66. The fourth-order valence-electron chi connectivity index (χ4n) is 2.19. The van der Waals surface area contributed by atoms with Crippen LogP contribution in [0.2, 0.25) is 0 Å². The third-order valence-electron chi connectivity index (χ3n) is 3.20. The Balaban J connectivity index is 1.78. The fraction of sp³-hybridized carbons (Fsp3) is 0.278. The Kier molecular flexibility index (Phi) is 6.34. The van der Waals surface area contributed by atoms with E-state index in [1.807, 2.05) is 61.5 Å². The second-order valence-electron chi connectivity index (χ2n) is 5.13. The molecule has 0 aromatic heterocycles. The highest BCUT2D eigenvalue weighted by Crippen LogP contribution is 2.17. The molecule has 1 N–H and O–H groups in total. The summed E-state index contributed by atoms with van der Waals surface area (Å²) in [5.74, 6) is 1.34. The summed E-state index contributed by atoms with van der Waals surface area (Å²) in [4.78, 5) is 13.1. The molecule has 2 aromatic rings. The zero-order chi connectivity index (χ0) is 15.8. The van der Waals surface area contributed by atoms with Crippen molar-refractivity contribution in [2.75, 3.05) is 12.9 Å². The predicted molar refractivity (Wildman–Crippen MR) is 91.5 cm³/mol. The molecule has 22 heavy (non-hydrogen) atoms. The summed E-state index contributed by atoms with van der Waals surface area (Å²) in [6, 6.07) is 18.0. The summed E-state index contributed by atoms with van der Waals surface area (Å²) in [5.41, 5.74) is 1.16. The number of rotatable bonds is 7. The van der Waals surface area contributed by atoms with Crippen LogP contribution in [0.1, 0.15) is 12.5 Å². The Labute approximate surface area is 136 Å². The zero-order valence-electron chi connectivity index (χ0n) is 12.9. The second-order valence-corrected chi connectivity index (χ2v) is 6.17. The molecule has 1 atom stereocenters. The lowest BCUT2D eigenvalue weighted by molar-refractivity contribution is -0.119. The Morgan fingerprint density at radius 3 is 2.68 bits per heavy atom. The number of carbonyl (C=O) groups excluding carboxylic acids is 1. The van der Waals surface area contributed by atoms with Crippen LogP contribution in [-0.2, 0) is 11.2 Å². The first kappa shape index (κ1) is 16.4. The van der Waals surface area contributed by atoms with E-state index >= 15 is 0 Å². The van der Waals surface area contributed by atoms with Gasteiger partial charge in [0.25, 0.3) is 0 Å². The first-order valence-corrected chi connectivity index (χ1v) is 8.26. The molecule has 0 saturated carbocycles. The molecule has 0 aliphatic rings. The van der Waals surface area contributed by atoms with Gasteiger partial charge in [-0.3, -0.25) is 4.79 Å². The maximum atomic E-state index is 12.0. The summed E-state index contributed by atoms with van der Waals surface area (Å²) < 4.78 is 5.21. The number of methoxy groups -OCH3 is 1. The van der Waals surface area contributed by atoms with Crippen LogP contribution in [0.5, 0.6) is 5.75 Å². The summed E-state index contributed by atoms with van der Waals surface area (Å²) >= 11 is 1.55. The van der Waals surface area contributed by atoms with E-state index in [0.717, 1.165) is 22.6 Å². The molecule has 0 spiro atoms. The minimum absolute atomic E-state index is 0.0595. The van der Waals surface area contributed by atoms with E-state index < -0.39 is 0 Å². The highest BCUT2D eigenvalue weighted by molar-refractivity contribution is 8.00.